The van der Waals surface area contributed by atoms with Gasteiger partial charge in [-0.3, -0.25) is 0 Å². The van der Waals surface area contributed by atoms with Crippen LogP contribution in [-0.4, -0.2) is 5.16 Å². The Kier molecular flexibility index (Phi) is 2.40. The first-order chi connectivity index (χ1) is 5.56. The standard InChI is InChI=1S/C9H16N2O/c1-4-5-9(2,3)7-6-8(10)12-11-7/h6H,4-5,10H2,1-3H3. The van der Waals surface area contributed by atoms with Gasteiger partial charge in [0.05, 0.1) is 5.69 Å². The second-order valence-corrected chi connectivity index (χ2v) is 3.75. The predicted molar refractivity (Wildman–Crippen MR) is 48.8 cm³/mol. The summed E-state index contributed by atoms with van der Waals surface area (Å²) in [6, 6.07) is 1.80. The molecule has 0 aliphatic heterocycles. The van der Waals surface area contributed by atoms with Crippen LogP contribution in [0.25, 0.3) is 0 Å². The number of nitrogens with two attached hydrogens (primary N) is 1. The maximum absolute atomic E-state index is 5.44. The highest BCUT2D eigenvalue weighted by atomic mass is 16.5. The Morgan fingerprint density at radius 1 is 1.58 bits per heavy atom. The van der Waals surface area contributed by atoms with Crippen LogP contribution in [0.4, 0.5) is 5.88 Å². The molecule has 1 aromatic rings. The van der Waals surface area contributed by atoms with Crippen molar-refractivity contribution < 1.29 is 4.52 Å². The molecule has 0 fully saturated rings. The fraction of sp³-hybridized carbons (Fsp3) is 0.667. The quantitative estimate of drug-likeness (QED) is 0.753. The molecule has 12 heavy (non-hydrogen) atoms. The van der Waals surface area contributed by atoms with E-state index in [1.54, 1.807) is 6.07 Å². The zero-order valence-corrected chi connectivity index (χ0v) is 7.92. The summed E-state index contributed by atoms with van der Waals surface area (Å²) in [7, 11) is 0. The summed E-state index contributed by atoms with van der Waals surface area (Å²) in [6.07, 6.45) is 2.23. The molecule has 0 unspecified atom stereocenters. The number of hydrogen-bond donors (Lipinski definition) is 1. The van der Waals surface area contributed by atoms with Crippen LogP contribution in [-0.2, 0) is 5.41 Å². The first kappa shape index (κ1) is 9.10. The monoisotopic (exact) mass is 168 g/mol. The van der Waals surface area contributed by atoms with Crippen molar-refractivity contribution in [1.82, 2.24) is 5.16 Å². The molecule has 68 valence electrons. The van der Waals surface area contributed by atoms with Crippen LogP contribution in [0.1, 0.15) is 39.3 Å². The molecule has 3 heteroatoms. The van der Waals surface area contributed by atoms with Crippen LogP contribution in [0.5, 0.6) is 0 Å². The van der Waals surface area contributed by atoms with Gasteiger partial charge in [0, 0.05) is 11.5 Å². The largest absolute Gasteiger partial charge is 0.368 e. The molecule has 1 aromatic heterocycles. The maximum Gasteiger partial charge on any atom is 0.222 e. The van der Waals surface area contributed by atoms with E-state index in [1.807, 2.05) is 0 Å². The fourth-order valence-corrected chi connectivity index (χ4v) is 1.36. The molecule has 0 saturated heterocycles. The Morgan fingerprint density at radius 3 is 2.67 bits per heavy atom. The van der Waals surface area contributed by atoms with Crippen molar-refractivity contribution in [2.45, 2.75) is 39.0 Å². The lowest BCUT2D eigenvalue weighted by molar-refractivity contribution is 0.383. The number of rotatable bonds is 3. The summed E-state index contributed by atoms with van der Waals surface area (Å²) < 4.78 is 4.82. The molecule has 0 aromatic carbocycles. The minimum Gasteiger partial charge on any atom is -0.368 e. The third kappa shape index (κ3) is 1.78. The van der Waals surface area contributed by atoms with Crippen molar-refractivity contribution in [3.05, 3.63) is 11.8 Å². The van der Waals surface area contributed by atoms with Crippen molar-refractivity contribution >= 4 is 5.88 Å². The molecule has 0 saturated carbocycles. The maximum atomic E-state index is 5.44. The second kappa shape index (κ2) is 3.17. The van der Waals surface area contributed by atoms with E-state index in [0.717, 1.165) is 18.5 Å². The van der Waals surface area contributed by atoms with Gasteiger partial charge in [0.2, 0.25) is 5.88 Å². The van der Waals surface area contributed by atoms with E-state index in [-0.39, 0.29) is 5.41 Å². The van der Waals surface area contributed by atoms with E-state index >= 15 is 0 Å². The normalized spacial score (nSPS) is 11.9. The minimum atomic E-state index is 0.0792. The van der Waals surface area contributed by atoms with E-state index < -0.39 is 0 Å². The molecule has 0 bridgehead atoms. The van der Waals surface area contributed by atoms with Crippen molar-refractivity contribution in [2.24, 2.45) is 0 Å². The number of nitrogens with zero attached hydrogens (tertiary/aromatic N) is 1. The van der Waals surface area contributed by atoms with Crippen LogP contribution in [0, 0.1) is 0 Å². The Balaban J connectivity index is 2.81. The first-order valence-corrected chi connectivity index (χ1v) is 4.29. The molecule has 0 aliphatic rings. The average Bonchev–Trinajstić information content (AvgIpc) is 2.36. The summed E-state index contributed by atoms with van der Waals surface area (Å²) in [5.41, 5.74) is 6.47. The van der Waals surface area contributed by atoms with E-state index in [0.29, 0.717) is 5.88 Å². The lowest BCUT2D eigenvalue weighted by Crippen LogP contribution is -2.16. The van der Waals surface area contributed by atoms with Gasteiger partial charge in [-0.2, -0.15) is 0 Å². The molecule has 2 N–H and O–H groups in total. The van der Waals surface area contributed by atoms with E-state index in [2.05, 4.69) is 25.9 Å². The topological polar surface area (TPSA) is 52.0 Å². The van der Waals surface area contributed by atoms with Gasteiger partial charge >= 0.3 is 0 Å². The molecule has 0 aliphatic carbocycles. The van der Waals surface area contributed by atoms with Crippen molar-refractivity contribution in [3.8, 4) is 0 Å². The zero-order chi connectivity index (χ0) is 9.19. The van der Waals surface area contributed by atoms with Crippen LogP contribution in [0.3, 0.4) is 0 Å². The molecule has 0 spiro atoms. The van der Waals surface area contributed by atoms with Crippen molar-refractivity contribution in [3.63, 3.8) is 0 Å². The number of nitrogen functional groups attached to an aromatic ring is 1. The highest BCUT2D eigenvalue weighted by molar-refractivity contribution is 5.28. The molecule has 3 nitrogen and oxygen atoms in total. The smallest absolute Gasteiger partial charge is 0.222 e. The van der Waals surface area contributed by atoms with Gasteiger partial charge in [0.1, 0.15) is 0 Å². The van der Waals surface area contributed by atoms with E-state index in [1.165, 1.54) is 0 Å². The van der Waals surface area contributed by atoms with Crippen molar-refractivity contribution in [2.75, 3.05) is 5.73 Å². The van der Waals surface area contributed by atoms with E-state index in [4.69, 9.17) is 10.3 Å². The molecular formula is C9H16N2O. The number of hydrogen-bond acceptors (Lipinski definition) is 3. The summed E-state index contributed by atoms with van der Waals surface area (Å²) in [5, 5.41) is 3.91. The van der Waals surface area contributed by atoms with Gasteiger partial charge in [-0.1, -0.05) is 32.3 Å². The van der Waals surface area contributed by atoms with Crippen molar-refractivity contribution in [1.29, 1.82) is 0 Å². The van der Waals surface area contributed by atoms with Crippen LogP contribution >= 0.6 is 0 Å². The molecular weight excluding hydrogens is 152 g/mol. The van der Waals surface area contributed by atoms with Gasteiger partial charge < -0.3 is 10.3 Å². The van der Waals surface area contributed by atoms with Crippen LogP contribution in [0.2, 0.25) is 0 Å². The number of anilines is 1. The van der Waals surface area contributed by atoms with Gasteiger partial charge in [0.25, 0.3) is 0 Å². The third-order valence-electron chi connectivity index (χ3n) is 2.10. The summed E-state index contributed by atoms with van der Waals surface area (Å²) in [5.74, 6) is 0.397. The minimum absolute atomic E-state index is 0.0792. The Hall–Kier alpha value is -0.990. The summed E-state index contributed by atoms with van der Waals surface area (Å²) in [4.78, 5) is 0. The molecule has 1 rings (SSSR count). The predicted octanol–water partition coefficient (Wildman–Crippen LogP) is 2.33. The Morgan fingerprint density at radius 2 is 2.25 bits per heavy atom. The lowest BCUT2D eigenvalue weighted by atomic mass is 9.85. The molecule has 0 amide bonds. The zero-order valence-electron chi connectivity index (χ0n) is 7.92. The number of aromatic nitrogens is 1. The molecule has 0 atom stereocenters. The van der Waals surface area contributed by atoms with Gasteiger partial charge in [-0.15, -0.1) is 0 Å². The Bertz CT molecular complexity index is 253. The summed E-state index contributed by atoms with van der Waals surface area (Å²) in [6.45, 7) is 6.45. The molecule has 1 heterocycles. The van der Waals surface area contributed by atoms with Crippen LogP contribution in [0.15, 0.2) is 10.6 Å². The average molecular weight is 168 g/mol. The van der Waals surface area contributed by atoms with Gasteiger partial charge in [0.15, 0.2) is 0 Å². The first-order valence-electron chi connectivity index (χ1n) is 4.29. The van der Waals surface area contributed by atoms with Gasteiger partial charge in [-0.05, 0) is 6.42 Å². The Labute approximate surface area is 72.9 Å². The molecule has 0 radical (unpaired) electrons. The fourth-order valence-electron chi connectivity index (χ4n) is 1.36. The van der Waals surface area contributed by atoms with Crippen LogP contribution < -0.4 is 5.73 Å². The lowest BCUT2D eigenvalue weighted by Gasteiger charge is -2.19. The SMILES string of the molecule is CCCC(C)(C)c1cc(N)on1. The summed E-state index contributed by atoms with van der Waals surface area (Å²) >= 11 is 0. The van der Waals surface area contributed by atoms with Gasteiger partial charge in [-0.25, -0.2) is 0 Å². The highest BCUT2D eigenvalue weighted by Gasteiger charge is 2.23. The highest BCUT2D eigenvalue weighted by Crippen LogP contribution is 2.28. The van der Waals surface area contributed by atoms with E-state index in [9.17, 15) is 0 Å². The second-order valence-electron chi connectivity index (χ2n) is 3.75. The third-order valence-corrected chi connectivity index (χ3v) is 2.10.